The number of methoxy groups -OCH3 is 2. The van der Waals surface area contributed by atoms with Gasteiger partial charge in [-0.05, 0) is 55.0 Å². The molecule has 10 heteroatoms. The molecule has 0 bridgehead atoms. The third-order valence-electron chi connectivity index (χ3n) is 7.81. The SMILES string of the molecule is CCc1c(COC)cc(OC)c(CC)c1COC1=CN=C(NC(C=NC(CC)CCN(CC)C2COC2)=CN)N=CC1. The molecule has 0 aromatic heterocycles. The third-order valence-corrected chi connectivity index (χ3v) is 7.81. The lowest BCUT2D eigenvalue weighted by Gasteiger charge is -2.37. The maximum absolute atomic E-state index is 6.29. The number of benzene rings is 1. The molecule has 0 radical (unpaired) electrons. The number of allylic oxidation sites excluding steroid dienone is 2. The van der Waals surface area contributed by atoms with Crippen molar-refractivity contribution in [1.82, 2.24) is 10.2 Å². The third kappa shape index (κ3) is 9.14. The maximum Gasteiger partial charge on any atom is 0.226 e. The standard InChI is InChI=1S/C32H50N6O4/c1-7-24(12-14-38(10-4)26-20-41-21-26)35-17-25(16-33)37-32-34-13-11-27(18-36-32)42-22-30-28(8-2)23(19-39-5)15-31(40-6)29(30)9-3/h13,15-18,24,26H,7-12,14,19-22,33H2,1-6H3,(H,36,37). The lowest BCUT2D eigenvalue weighted by Crippen LogP contribution is -2.49. The fourth-order valence-corrected chi connectivity index (χ4v) is 5.26. The molecule has 10 nitrogen and oxygen atoms in total. The number of nitrogens with zero attached hydrogens (tertiary/aromatic N) is 4. The zero-order valence-electron chi connectivity index (χ0n) is 26.3. The Balaban J connectivity index is 1.65. The van der Waals surface area contributed by atoms with E-state index in [9.17, 15) is 0 Å². The smallest absolute Gasteiger partial charge is 0.226 e. The number of guanidine groups is 1. The second kappa shape index (κ2) is 17.7. The molecule has 3 rings (SSSR count). The molecule has 1 saturated heterocycles. The summed E-state index contributed by atoms with van der Waals surface area (Å²) in [6.07, 6.45) is 11.0. The number of rotatable bonds is 17. The van der Waals surface area contributed by atoms with E-state index >= 15 is 0 Å². The Bertz CT molecular complexity index is 1160. The number of nitrogens with one attached hydrogen (secondary N) is 1. The first-order chi connectivity index (χ1) is 20.5. The molecular weight excluding hydrogens is 532 g/mol. The quantitative estimate of drug-likeness (QED) is 0.260. The zero-order chi connectivity index (χ0) is 30.3. The Hall–Kier alpha value is -3.21. The summed E-state index contributed by atoms with van der Waals surface area (Å²) in [7, 11) is 3.42. The highest BCUT2D eigenvalue weighted by atomic mass is 16.5. The Morgan fingerprint density at radius 1 is 1.17 bits per heavy atom. The van der Waals surface area contributed by atoms with Crippen LogP contribution >= 0.6 is 0 Å². The van der Waals surface area contributed by atoms with Gasteiger partial charge < -0.3 is 30.0 Å². The summed E-state index contributed by atoms with van der Waals surface area (Å²) in [5.74, 6) is 2.02. The number of aliphatic imine (C=N–C) groups is 3. The number of likely N-dealkylation sites (N-methyl/N-ethyl adjacent to an activating group) is 1. The van der Waals surface area contributed by atoms with Gasteiger partial charge in [-0.15, -0.1) is 0 Å². The van der Waals surface area contributed by atoms with Gasteiger partial charge in [0.15, 0.2) is 0 Å². The number of nitrogens with two attached hydrogens (primary N) is 1. The molecule has 232 valence electrons. The first-order valence-corrected chi connectivity index (χ1v) is 15.2. The Morgan fingerprint density at radius 3 is 2.55 bits per heavy atom. The first-order valence-electron chi connectivity index (χ1n) is 15.2. The Kier molecular flexibility index (Phi) is 14.0. The summed E-state index contributed by atoms with van der Waals surface area (Å²) >= 11 is 0. The highest BCUT2D eigenvalue weighted by Gasteiger charge is 2.25. The number of hydrogen-bond donors (Lipinski definition) is 2. The van der Waals surface area contributed by atoms with Crippen LogP contribution in [0, 0.1) is 0 Å². The molecule has 42 heavy (non-hydrogen) atoms. The van der Waals surface area contributed by atoms with Crippen LogP contribution in [0.4, 0.5) is 0 Å². The maximum atomic E-state index is 6.29. The molecule has 1 unspecified atom stereocenters. The van der Waals surface area contributed by atoms with Crippen LogP contribution in [0.2, 0.25) is 0 Å². The highest BCUT2D eigenvalue weighted by molar-refractivity contribution is 5.94. The minimum atomic E-state index is 0.207. The van der Waals surface area contributed by atoms with Crippen molar-refractivity contribution >= 4 is 18.4 Å². The largest absolute Gasteiger partial charge is 0.496 e. The van der Waals surface area contributed by atoms with Gasteiger partial charge in [0.2, 0.25) is 5.96 Å². The second-order valence-electron chi connectivity index (χ2n) is 10.4. The lowest BCUT2D eigenvalue weighted by atomic mass is 9.92. The van der Waals surface area contributed by atoms with Crippen LogP contribution in [-0.2, 0) is 40.3 Å². The average Bonchev–Trinajstić information content (AvgIpc) is 3.22. The number of hydrogen-bond acceptors (Lipinski definition) is 10. The lowest BCUT2D eigenvalue weighted by molar-refractivity contribution is -0.0637. The van der Waals surface area contributed by atoms with E-state index in [0.29, 0.717) is 37.3 Å². The van der Waals surface area contributed by atoms with Crippen LogP contribution in [0.1, 0.15) is 69.2 Å². The van der Waals surface area contributed by atoms with Gasteiger partial charge in [0.1, 0.15) is 18.1 Å². The van der Waals surface area contributed by atoms with E-state index in [4.69, 9.17) is 29.7 Å². The summed E-state index contributed by atoms with van der Waals surface area (Å²) in [5.41, 5.74) is 11.2. The highest BCUT2D eigenvalue weighted by Crippen LogP contribution is 2.32. The summed E-state index contributed by atoms with van der Waals surface area (Å²) < 4.78 is 22.8. The van der Waals surface area contributed by atoms with Crippen LogP contribution in [0.3, 0.4) is 0 Å². The van der Waals surface area contributed by atoms with E-state index in [1.165, 1.54) is 11.8 Å². The van der Waals surface area contributed by atoms with Crippen molar-refractivity contribution in [2.24, 2.45) is 20.7 Å². The molecule has 1 aromatic rings. The van der Waals surface area contributed by atoms with E-state index in [-0.39, 0.29) is 6.04 Å². The fourth-order valence-electron chi connectivity index (χ4n) is 5.26. The molecule has 0 amide bonds. The Morgan fingerprint density at radius 2 is 1.95 bits per heavy atom. The summed E-state index contributed by atoms with van der Waals surface area (Å²) in [6, 6.07) is 2.83. The summed E-state index contributed by atoms with van der Waals surface area (Å²) in [5, 5.41) is 3.19. The molecule has 3 N–H and O–H groups in total. The van der Waals surface area contributed by atoms with Crippen molar-refractivity contribution in [2.45, 2.75) is 85.1 Å². The van der Waals surface area contributed by atoms with Gasteiger partial charge in [-0.3, -0.25) is 9.89 Å². The predicted molar refractivity (Wildman–Crippen MR) is 170 cm³/mol. The second-order valence-corrected chi connectivity index (χ2v) is 10.4. The molecular formula is C32H50N6O4. The van der Waals surface area contributed by atoms with E-state index in [0.717, 1.165) is 80.2 Å². The van der Waals surface area contributed by atoms with Crippen molar-refractivity contribution < 1.29 is 18.9 Å². The average molecular weight is 583 g/mol. The minimum absolute atomic E-state index is 0.207. The van der Waals surface area contributed by atoms with Gasteiger partial charge in [-0.1, -0.05) is 27.7 Å². The summed E-state index contributed by atoms with van der Waals surface area (Å²) in [4.78, 5) is 16.3. The minimum Gasteiger partial charge on any atom is -0.496 e. The van der Waals surface area contributed by atoms with Crippen LogP contribution in [-0.4, -0.2) is 75.9 Å². The van der Waals surface area contributed by atoms with Gasteiger partial charge in [-0.2, -0.15) is 0 Å². The van der Waals surface area contributed by atoms with Gasteiger partial charge >= 0.3 is 0 Å². The van der Waals surface area contributed by atoms with Crippen molar-refractivity contribution in [3.8, 4) is 5.75 Å². The molecule has 1 aromatic carbocycles. The van der Waals surface area contributed by atoms with Crippen molar-refractivity contribution in [1.29, 1.82) is 0 Å². The topological polar surface area (TPSA) is 115 Å². The van der Waals surface area contributed by atoms with Gasteiger partial charge in [0, 0.05) is 44.3 Å². The number of ether oxygens (including phenoxy) is 4. The van der Waals surface area contributed by atoms with E-state index in [2.05, 4.69) is 54.0 Å². The van der Waals surface area contributed by atoms with E-state index in [1.807, 2.05) is 0 Å². The van der Waals surface area contributed by atoms with Gasteiger partial charge in [-0.25, -0.2) is 9.98 Å². The van der Waals surface area contributed by atoms with Gasteiger partial charge in [0.05, 0.1) is 50.9 Å². The zero-order valence-corrected chi connectivity index (χ0v) is 26.3. The molecule has 1 atom stereocenters. The molecule has 2 heterocycles. The van der Waals surface area contributed by atoms with Crippen molar-refractivity contribution in [3.05, 3.63) is 52.2 Å². The van der Waals surface area contributed by atoms with Crippen LogP contribution in [0.15, 0.2) is 44.9 Å². The van der Waals surface area contributed by atoms with E-state index in [1.54, 1.807) is 32.8 Å². The van der Waals surface area contributed by atoms with Crippen LogP contribution < -0.4 is 15.8 Å². The molecule has 2 aliphatic rings. The van der Waals surface area contributed by atoms with Crippen LogP contribution in [0.5, 0.6) is 5.75 Å². The van der Waals surface area contributed by atoms with Crippen molar-refractivity contribution in [3.63, 3.8) is 0 Å². The normalized spacial score (nSPS) is 16.7. The molecule has 2 aliphatic heterocycles. The predicted octanol–water partition coefficient (Wildman–Crippen LogP) is 4.50. The van der Waals surface area contributed by atoms with Crippen LogP contribution in [0.25, 0.3) is 0 Å². The monoisotopic (exact) mass is 582 g/mol. The summed E-state index contributed by atoms with van der Waals surface area (Å²) in [6.45, 7) is 13.3. The first kappa shape index (κ1) is 33.3. The Labute approximate surface area is 251 Å². The molecule has 0 saturated carbocycles. The molecule has 0 spiro atoms. The molecule has 1 fully saturated rings. The molecule has 0 aliphatic carbocycles. The van der Waals surface area contributed by atoms with Gasteiger partial charge in [0.25, 0.3) is 0 Å². The fraction of sp³-hybridized carbons (Fsp3) is 0.594. The van der Waals surface area contributed by atoms with E-state index < -0.39 is 0 Å². The van der Waals surface area contributed by atoms with Crippen molar-refractivity contribution in [2.75, 3.05) is 40.5 Å².